The number of hydrogen-bond donors (Lipinski definition) is 1. The molecule has 1 atom stereocenters. The van der Waals surface area contributed by atoms with Gasteiger partial charge in [-0.1, -0.05) is 48.5 Å². The molecule has 0 aliphatic heterocycles. The molecule has 0 radical (unpaired) electrons. The quantitative estimate of drug-likeness (QED) is 0.760. The predicted octanol–water partition coefficient (Wildman–Crippen LogP) is 3.81. The highest BCUT2D eigenvalue weighted by molar-refractivity contribution is 5.21. The number of hydrogen-bond acceptors (Lipinski definition) is 2. The van der Waals surface area contributed by atoms with Crippen molar-refractivity contribution in [3.8, 4) is 5.75 Å². The third kappa shape index (κ3) is 4.76. The summed E-state index contributed by atoms with van der Waals surface area (Å²) in [4.78, 5) is 0. The van der Waals surface area contributed by atoms with E-state index < -0.39 is 0 Å². The summed E-state index contributed by atoms with van der Waals surface area (Å²) in [7, 11) is 0. The molecule has 2 heteroatoms. The van der Waals surface area contributed by atoms with E-state index in [0.717, 1.165) is 25.3 Å². The molecule has 1 N–H and O–H groups in total. The summed E-state index contributed by atoms with van der Waals surface area (Å²) < 4.78 is 5.65. The molecule has 2 aromatic rings. The van der Waals surface area contributed by atoms with Crippen LogP contribution in [0.2, 0.25) is 0 Å². The van der Waals surface area contributed by atoms with Gasteiger partial charge in [0.2, 0.25) is 0 Å². The van der Waals surface area contributed by atoms with Crippen LogP contribution < -0.4 is 10.1 Å². The first-order chi connectivity index (χ1) is 9.36. The van der Waals surface area contributed by atoms with Crippen LogP contribution in [0.25, 0.3) is 0 Å². The average Bonchev–Trinajstić information content (AvgIpc) is 2.49. The molecular formula is C17H21NO. The van der Waals surface area contributed by atoms with E-state index in [-0.39, 0.29) is 0 Å². The third-order valence-electron chi connectivity index (χ3n) is 3.08. The summed E-state index contributed by atoms with van der Waals surface area (Å²) in [6.07, 6.45) is 1.01. The normalized spacial score (nSPS) is 12.1. The minimum absolute atomic E-state index is 0.387. The Hall–Kier alpha value is -1.80. The Kier molecular flexibility index (Phi) is 5.45. The second-order valence-corrected chi connectivity index (χ2v) is 4.60. The van der Waals surface area contributed by atoms with Crippen molar-refractivity contribution in [3.63, 3.8) is 0 Å². The molecule has 0 amide bonds. The lowest BCUT2D eigenvalue weighted by Gasteiger charge is -2.14. The SMILES string of the molecule is C[C@@H](NCCCOc1ccccc1)c1ccccc1. The number of ether oxygens (including phenoxy) is 1. The van der Waals surface area contributed by atoms with Crippen LogP contribution in [-0.4, -0.2) is 13.2 Å². The minimum atomic E-state index is 0.387. The minimum Gasteiger partial charge on any atom is -0.494 e. The van der Waals surface area contributed by atoms with E-state index in [2.05, 4.69) is 36.5 Å². The number of nitrogens with one attached hydrogen (secondary N) is 1. The highest BCUT2D eigenvalue weighted by atomic mass is 16.5. The van der Waals surface area contributed by atoms with E-state index >= 15 is 0 Å². The van der Waals surface area contributed by atoms with E-state index in [9.17, 15) is 0 Å². The van der Waals surface area contributed by atoms with Gasteiger partial charge >= 0.3 is 0 Å². The van der Waals surface area contributed by atoms with Gasteiger partial charge in [-0.3, -0.25) is 0 Å². The zero-order valence-corrected chi connectivity index (χ0v) is 11.4. The van der Waals surface area contributed by atoms with Crippen LogP contribution in [0.1, 0.15) is 24.9 Å². The topological polar surface area (TPSA) is 21.3 Å². The Labute approximate surface area is 115 Å². The maximum Gasteiger partial charge on any atom is 0.119 e. The van der Waals surface area contributed by atoms with Gasteiger partial charge in [-0.25, -0.2) is 0 Å². The van der Waals surface area contributed by atoms with E-state index in [1.807, 2.05) is 36.4 Å². The molecule has 2 nitrogen and oxygen atoms in total. The van der Waals surface area contributed by atoms with E-state index in [4.69, 9.17) is 4.74 Å². The highest BCUT2D eigenvalue weighted by Crippen LogP contribution is 2.11. The molecule has 0 bridgehead atoms. The van der Waals surface area contributed by atoms with Crippen LogP contribution >= 0.6 is 0 Å². The monoisotopic (exact) mass is 255 g/mol. The Morgan fingerprint density at radius 2 is 1.58 bits per heavy atom. The molecule has 0 fully saturated rings. The zero-order valence-electron chi connectivity index (χ0n) is 11.4. The van der Waals surface area contributed by atoms with Crippen LogP contribution in [-0.2, 0) is 0 Å². The average molecular weight is 255 g/mol. The summed E-state index contributed by atoms with van der Waals surface area (Å²) in [5.41, 5.74) is 1.33. The van der Waals surface area contributed by atoms with Gasteiger partial charge < -0.3 is 10.1 Å². The lowest BCUT2D eigenvalue weighted by Crippen LogP contribution is -2.21. The number of para-hydroxylation sites is 1. The van der Waals surface area contributed by atoms with Crippen molar-refractivity contribution in [1.82, 2.24) is 5.32 Å². The first-order valence-corrected chi connectivity index (χ1v) is 6.82. The fourth-order valence-corrected chi connectivity index (χ4v) is 1.96. The lowest BCUT2D eigenvalue weighted by molar-refractivity contribution is 0.305. The largest absolute Gasteiger partial charge is 0.494 e. The third-order valence-corrected chi connectivity index (χ3v) is 3.08. The lowest BCUT2D eigenvalue weighted by atomic mass is 10.1. The van der Waals surface area contributed by atoms with E-state index in [1.54, 1.807) is 0 Å². The van der Waals surface area contributed by atoms with Gasteiger partial charge in [0.1, 0.15) is 5.75 Å². The van der Waals surface area contributed by atoms with Gasteiger partial charge in [-0.2, -0.15) is 0 Å². The van der Waals surface area contributed by atoms with Gasteiger partial charge in [-0.15, -0.1) is 0 Å². The Morgan fingerprint density at radius 3 is 2.26 bits per heavy atom. The molecule has 2 rings (SSSR count). The first kappa shape index (κ1) is 13.6. The van der Waals surface area contributed by atoms with Gasteiger partial charge in [0.15, 0.2) is 0 Å². The molecule has 0 saturated carbocycles. The van der Waals surface area contributed by atoms with Crippen molar-refractivity contribution >= 4 is 0 Å². The maximum absolute atomic E-state index is 5.65. The van der Waals surface area contributed by atoms with Crippen molar-refractivity contribution in [2.24, 2.45) is 0 Å². The standard InChI is InChI=1S/C17H21NO/c1-15(16-9-4-2-5-10-16)18-13-8-14-19-17-11-6-3-7-12-17/h2-7,9-12,15,18H,8,13-14H2,1H3/t15-/m1/s1. The van der Waals surface area contributed by atoms with Gasteiger partial charge in [0.05, 0.1) is 6.61 Å². The molecule has 0 aliphatic carbocycles. The van der Waals surface area contributed by atoms with E-state index in [1.165, 1.54) is 5.56 Å². The predicted molar refractivity (Wildman–Crippen MR) is 79.4 cm³/mol. The van der Waals surface area contributed by atoms with Gasteiger partial charge in [0.25, 0.3) is 0 Å². The molecule has 19 heavy (non-hydrogen) atoms. The summed E-state index contributed by atoms with van der Waals surface area (Å²) in [5, 5.41) is 3.51. The fourth-order valence-electron chi connectivity index (χ4n) is 1.96. The van der Waals surface area contributed by atoms with Gasteiger partial charge in [0, 0.05) is 6.04 Å². The summed E-state index contributed by atoms with van der Waals surface area (Å²) in [6, 6.07) is 20.8. The smallest absolute Gasteiger partial charge is 0.119 e. The zero-order chi connectivity index (χ0) is 13.3. The highest BCUT2D eigenvalue weighted by Gasteiger charge is 2.02. The second-order valence-electron chi connectivity index (χ2n) is 4.60. The first-order valence-electron chi connectivity index (χ1n) is 6.82. The fraction of sp³-hybridized carbons (Fsp3) is 0.294. The van der Waals surface area contributed by atoms with Crippen LogP contribution in [0.5, 0.6) is 5.75 Å². The van der Waals surface area contributed by atoms with E-state index in [0.29, 0.717) is 6.04 Å². The van der Waals surface area contributed by atoms with Crippen LogP contribution in [0.15, 0.2) is 60.7 Å². The molecular weight excluding hydrogens is 234 g/mol. The maximum atomic E-state index is 5.65. The van der Waals surface area contributed by atoms with Gasteiger partial charge in [-0.05, 0) is 37.6 Å². The van der Waals surface area contributed by atoms with Crippen molar-refractivity contribution in [2.75, 3.05) is 13.2 Å². The molecule has 0 saturated heterocycles. The Morgan fingerprint density at radius 1 is 0.947 bits per heavy atom. The number of benzene rings is 2. The summed E-state index contributed by atoms with van der Waals surface area (Å²) in [6.45, 7) is 3.90. The van der Waals surface area contributed by atoms with Crippen LogP contribution in [0, 0.1) is 0 Å². The molecule has 0 aromatic heterocycles. The molecule has 0 heterocycles. The molecule has 2 aromatic carbocycles. The summed E-state index contributed by atoms with van der Waals surface area (Å²) >= 11 is 0. The molecule has 0 spiro atoms. The Bertz CT molecular complexity index is 455. The van der Waals surface area contributed by atoms with Crippen molar-refractivity contribution in [2.45, 2.75) is 19.4 Å². The van der Waals surface area contributed by atoms with Crippen LogP contribution in [0.3, 0.4) is 0 Å². The molecule has 0 unspecified atom stereocenters. The van der Waals surface area contributed by atoms with Crippen molar-refractivity contribution in [1.29, 1.82) is 0 Å². The Balaban J connectivity index is 1.62. The van der Waals surface area contributed by atoms with Crippen LogP contribution in [0.4, 0.5) is 0 Å². The summed E-state index contributed by atoms with van der Waals surface area (Å²) in [5.74, 6) is 0.943. The molecule has 0 aliphatic rings. The molecule has 100 valence electrons. The van der Waals surface area contributed by atoms with Crippen molar-refractivity contribution < 1.29 is 4.74 Å². The number of rotatable bonds is 7. The van der Waals surface area contributed by atoms with Crippen molar-refractivity contribution in [3.05, 3.63) is 66.2 Å². The second kappa shape index (κ2) is 7.59.